The molecule has 1 saturated heterocycles. The molecular weight excluding hydrogens is 438 g/mol. The van der Waals surface area contributed by atoms with E-state index >= 15 is 0 Å². The fraction of sp³-hybridized carbons (Fsp3) is 0.360. The highest BCUT2D eigenvalue weighted by Crippen LogP contribution is 2.34. The molecule has 1 unspecified atom stereocenters. The molecule has 0 aliphatic carbocycles. The summed E-state index contributed by atoms with van der Waals surface area (Å²) in [5.41, 5.74) is 1.52. The minimum atomic E-state index is -1.01. The van der Waals surface area contributed by atoms with Crippen molar-refractivity contribution < 1.29 is 28.7 Å². The maximum atomic E-state index is 12.9. The Hall–Kier alpha value is -3.88. The summed E-state index contributed by atoms with van der Waals surface area (Å²) in [6, 6.07) is 13.2. The van der Waals surface area contributed by atoms with Gasteiger partial charge in [-0.1, -0.05) is 50.2 Å². The van der Waals surface area contributed by atoms with E-state index in [-0.39, 0.29) is 12.5 Å². The van der Waals surface area contributed by atoms with E-state index in [0.717, 1.165) is 16.9 Å². The van der Waals surface area contributed by atoms with Crippen LogP contribution in [0.15, 0.2) is 48.5 Å². The number of rotatable bonds is 7. The first-order chi connectivity index (χ1) is 16.3. The summed E-state index contributed by atoms with van der Waals surface area (Å²) < 4.78 is 11.4. The number of hydrogen-bond acceptors (Lipinski definition) is 6. The number of fused-ring (bicyclic) bond motifs is 1. The second-order valence-corrected chi connectivity index (χ2v) is 8.60. The predicted molar refractivity (Wildman–Crippen MR) is 122 cm³/mol. The Morgan fingerprint density at radius 1 is 0.941 bits per heavy atom. The molecule has 1 atom stereocenters. The molecule has 0 bridgehead atoms. The molecule has 2 aliphatic rings. The van der Waals surface area contributed by atoms with Crippen LogP contribution in [0.1, 0.15) is 37.4 Å². The standard InChI is InChI=1S/C25H27N3O6/c1-16(2)22(18-9-10-19-20(13-18)34-12-6-11-33-19)26-21(29)15-28-24(31)23(30)27(25(28)32)14-17-7-4-3-5-8-17/h3-5,7-10,13,16,22H,6,11-12,14-15H2,1-2H3,(H,26,29). The normalized spacial score (nSPS) is 16.6. The fourth-order valence-electron chi connectivity index (χ4n) is 3.97. The quantitative estimate of drug-likeness (QED) is 0.498. The molecule has 1 N–H and O–H groups in total. The number of hydrogen-bond donors (Lipinski definition) is 1. The molecule has 5 amide bonds. The van der Waals surface area contributed by atoms with Gasteiger partial charge in [-0.05, 0) is 29.2 Å². The number of carbonyl (C=O) groups excluding carboxylic acids is 4. The van der Waals surface area contributed by atoms with Crippen LogP contribution in [0.4, 0.5) is 4.79 Å². The first-order valence-electron chi connectivity index (χ1n) is 11.3. The summed E-state index contributed by atoms with van der Waals surface area (Å²) >= 11 is 0. The van der Waals surface area contributed by atoms with Gasteiger partial charge in [0.1, 0.15) is 6.54 Å². The maximum absolute atomic E-state index is 12.9. The molecule has 34 heavy (non-hydrogen) atoms. The van der Waals surface area contributed by atoms with Gasteiger partial charge in [-0.2, -0.15) is 0 Å². The number of benzene rings is 2. The third kappa shape index (κ3) is 4.88. The van der Waals surface area contributed by atoms with Gasteiger partial charge in [0, 0.05) is 6.42 Å². The lowest BCUT2D eigenvalue weighted by Crippen LogP contribution is -2.43. The summed E-state index contributed by atoms with van der Waals surface area (Å²) in [5.74, 6) is -1.21. The lowest BCUT2D eigenvalue weighted by Gasteiger charge is -2.25. The lowest BCUT2D eigenvalue weighted by atomic mass is 9.95. The fourth-order valence-corrected chi connectivity index (χ4v) is 3.97. The molecule has 2 aromatic rings. The molecule has 0 radical (unpaired) electrons. The van der Waals surface area contributed by atoms with Gasteiger partial charge < -0.3 is 14.8 Å². The van der Waals surface area contributed by atoms with Crippen LogP contribution < -0.4 is 14.8 Å². The molecule has 0 saturated carbocycles. The Morgan fingerprint density at radius 3 is 2.32 bits per heavy atom. The number of urea groups is 1. The number of carbonyl (C=O) groups is 4. The van der Waals surface area contributed by atoms with Crippen LogP contribution in [0, 0.1) is 5.92 Å². The van der Waals surface area contributed by atoms with E-state index in [4.69, 9.17) is 9.47 Å². The molecule has 0 spiro atoms. The molecule has 178 valence electrons. The zero-order valence-electron chi connectivity index (χ0n) is 19.2. The highest BCUT2D eigenvalue weighted by Gasteiger charge is 2.45. The van der Waals surface area contributed by atoms with Crippen LogP contribution in [0.25, 0.3) is 0 Å². The van der Waals surface area contributed by atoms with Crippen molar-refractivity contribution in [1.29, 1.82) is 0 Å². The first kappa shape index (κ1) is 23.3. The number of amides is 5. The van der Waals surface area contributed by atoms with Crippen molar-refractivity contribution in [2.75, 3.05) is 19.8 Å². The number of ether oxygens (including phenoxy) is 2. The Labute approximate surface area is 197 Å². The van der Waals surface area contributed by atoms with Gasteiger partial charge in [0.15, 0.2) is 11.5 Å². The lowest BCUT2D eigenvalue weighted by molar-refractivity contribution is -0.144. The van der Waals surface area contributed by atoms with Crippen molar-refractivity contribution in [2.24, 2.45) is 5.92 Å². The molecule has 4 rings (SSSR count). The van der Waals surface area contributed by atoms with Crippen LogP contribution in [-0.4, -0.2) is 53.3 Å². The second-order valence-electron chi connectivity index (χ2n) is 8.60. The van der Waals surface area contributed by atoms with Gasteiger partial charge in [-0.15, -0.1) is 0 Å². The molecule has 9 nitrogen and oxygen atoms in total. The third-order valence-electron chi connectivity index (χ3n) is 5.73. The van der Waals surface area contributed by atoms with Crippen LogP contribution in [0.2, 0.25) is 0 Å². The van der Waals surface area contributed by atoms with Gasteiger partial charge in [0.2, 0.25) is 5.91 Å². The molecule has 0 aromatic heterocycles. The number of nitrogens with one attached hydrogen (secondary N) is 1. The molecule has 2 aromatic carbocycles. The van der Waals surface area contributed by atoms with E-state index in [1.165, 1.54) is 0 Å². The van der Waals surface area contributed by atoms with E-state index in [2.05, 4.69) is 5.32 Å². The van der Waals surface area contributed by atoms with Crippen LogP contribution in [-0.2, 0) is 20.9 Å². The van der Waals surface area contributed by atoms with E-state index < -0.39 is 36.3 Å². The summed E-state index contributed by atoms with van der Waals surface area (Å²) in [5, 5.41) is 2.89. The Balaban J connectivity index is 1.45. The van der Waals surface area contributed by atoms with Crippen molar-refractivity contribution in [2.45, 2.75) is 32.9 Å². The van der Waals surface area contributed by atoms with Gasteiger partial charge in [0.25, 0.3) is 0 Å². The summed E-state index contributed by atoms with van der Waals surface area (Å²) in [7, 11) is 0. The smallest absolute Gasteiger partial charge is 0.335 e. The molecular formula is C25H27N3O6. The Bertz CT molecular complexity index is 1100. The van der Waals surface area contributed by atoms with Gasteiger partial charge >= 0.3 is 17.8 Å². The van der Waals surface area contributed by atoms with E-state index in [1.54, 1.807) is 24.3 Å². The summed E-state index contributed by atoms with van der Waals surface area (Å²) in [4.78, 5) is 52.0. The number of imide groups is 2. The summed E-state index contributed by atoms with van der Waals surface area (Å²) in [6.45, 7) is 4.45. The van der Waals surface area contributed by atoms with Crippen molar-refractivity contribution in [3.05, 3.63) is 59.7 Å². The molecule has 2 aliphatic heterocycles. The van der Waals surface area contributed by atoms with Crippen LogP contribution in [0.5, 0.6) is 11.5 Å². The topological polar surface area (TPSA) is 105 Å². The van der Waals surface area contributed by atoms with Crippen molar-refractivity contribution in [1.82, 2.24) is 15.1 Å². The zero-order chi connectivity index (χ0) is 24.2. The Kier molecular flexibility index (Phi) is 6.81. The SMILES string of the molecule is CC(C)C(NC(=O)CN1C(=O)C(=O)N(Cc2ccccc2)C1=O)c1ccc2c(c1)OCCCO2. The molecule has 1 fully saturated rings. The largest absolute Gasteiger partial charge is 0.490 e. The van der Waals surface area contributed by atoms with Crippen molar-refractivity contribution in [3.8, 4) is 11.5 Å². The van der Waals surface area contributed by atoms with Crippen LogP contribution in [0.3, 0.4) is 0 Å². The zero-order valence-corrected chi connectivity index (χ0v) is 19.2. The second kappa shape index (κ2) is 9.94. The summed E-state index contributed by atoms with van der Waals surface area (Å²) in [6.07, 6.45) is 0.784. The number of nitrogens with zero attached hydrogens (tertiary/aromatic N) is 2. The highest BCUT2D eigenvalue weighted by molar-refractivity contribution is 6.44. The molecule has 9 heteroatoms. The van der Waals surface area contributed by atoms with E-state index in [9.17, 15) is 19.2 Å². The van der Waals surface area contributed by atoms with Gasteiger partial charge in [-0.25, -0.2) is 9.69 Å². The minimum absolute atomic E-state index is 0.00916. The average molecular weight is 466 g/mol. The Morgan fingerprint density at radius 2 is 1.62 bits per heavy atom. The van der Waals surface area contributed by atoms with Gasteiger partial charge in [-0.3, -0.25) is 19.3 Å². The average Bonchev–Trinajstić information content (AvgIpc) is 3.00. The van der Waals surface area contributed by atoms with E-state index in [0.29, 0.717) is 35.2 Å². The van der Waals surface area contributed by atoms with Crippen LogP contribution >= 0.6 is 0 Å². The third-order valence-corrected chi connectivity index (χ3v) is 5.73. The highest BCUT2D eigenvalue weighted by atomic mass is 16.5. The predicted octanol–water partition coefficient (Wildman–Crippen LogP) is 2.65. The van der Waals surface area contributed by atoms with Crippen molar-refractivity contribution >= 4 is 23.8 Å². The molecule has 2 heterocycles. The monoisotopic (exact) mass is 465 g/mol. The maximum Gasteiger partial charge on any atom is 0.335 e. The van der Waals surface area contributed by atoms with E-state index in [1.807, 2.05) is 38.1 Å². The van der Waals surface area contributed by atoms with Gasteiger partial charge in [0.05, 0.1) is 25.8 Å². The minimum Gasteiger partial charge on any atom is -0.490 e. The first-order valence-corrected chi connectivity index (χ1v) is 11.3. The van der Waals surface area contributed by atoms with Crippen molar-refractivity contribution in [3.63, 3.8) is 0 Å².